The Labute approximate surface area is 177 Å². The SMILES string of the molecule is Cc1nc(N2CC(C)N(CC(F)(F)F)C(C)C2)ccc1NC1C[C@H]2CC(N)C[C@H]2C1. The summed E-state index contributed by atoms with van der Waals surface area (Å²) in [5.41, 5.74) is 8.10. The third kappa shape index (κ3) is 4.69. The maximum absolute atomic E-state index is 12.9. The summed E-state index contributed by atoms with van der Waals surface area (Å²) in [5, 5.41) is 3.68. The van der Waals surface area contributed by atoms with Crippen LogP contribution in [-0.4, -0.2) is 59.9 Å². The minimum absolute atomic E-state index is 0.181. The molecule has 3 N–H and O–H groups in total. The number of rotatable bonds is 4. The highest BCUT2D eigenvalue weighted by molar-refractivity contribution is 5.54. The van der Waals surface area contributed by atoms with Crippen molar-refractivity contribution in [3.63, 3.8) is 0 Å². The number of halogens is 3. The second kappa shape index (κ2) is 8.19. The molecule has 1 aliphatic heterocycles. The molecule has 1 saturated heterocycles. The molecule has 2 heterocycles. The monoisotopic (exact) mass is 425 g/mol. The fourth-order valence-corrected chi connectivity index (χ4v) is 5.94. The summed E-state index contributed by atoms with van der Waals surface area (Å²) in [7, 11) is 0. The van der Waals surface area contributed by atoms with Gasteiger partial charge in [-0.15, -0.1) is 0 Å². The van der Waals surface area contributed by atoms with Crippen molar-refractivity contribution in [2.45, 2.75) is 76.8 Å². The van der Waals surface area contributed by atoms with Gasteiger partial charge in [-0.2, -0.15) is 13.2 Å². The molecule has 0 amide bonds. The van der Waals surface area contributed by atoms with Crippen LogP contribution in [0.1, 0.15) is 45.2 Å². The van der Waals surface area contributed by atoms with Gasteiger partial charge in [0.15, 0.2) is 0 Å². The maximum atomic E-state index is 12.9. The van der Waals surface area contributed by atoms with Crippen LogP contribution in [0.25, 0.3) is 0 Å². The Morgan fingerprint density at radius 3 is 2.20 bits per heavy atom. The molecule has 5 nitrogen and oxygen atoms in total. The second-order valence-corrected chi connectivity index (χ2v) is 9.76. The highest BCUT2D eigenvalue weighted by atomic mass is 19.4. The molecule has 0 bridgehead atoms. The van der Waals surface area contributed by atoms with Gasteiger partial charge in [0.25, 0.3) is 0 Å². The third-order valence-electron chi connectivity index (χ3n) is 7.27. The Morgan fingerprint density at radius 1 is 1.07 bits per heavy atom. The van der Waals surface area contributed by atoms with Gasteiger partial charge >= 0.3 is 6.18 Å². The highest BCUT2D eigenvalue weighted by Gasteiger charge is 2.41. The lowest BCUT2D eigenvalue weighted by Crippen LogP contribution is -2.59. The van der Waals surface area contributed by atoms with Gasteiger partial charge in [0, 0.05) is 37.3 Å². The number of nitrogens with zero attached hydrogens (tertiary/aromatic N) is 3. The predicted octanol–water partition coefficient (Wildman–Crippen LogP) is 3.78. The number of fused-ring (bicyclic) bond motifs is 1. The zero-order chi connectivity index (χ0) is 21.6. The zero-order valence-corrected chi connectivity index (χ0v) is 18.1. The number of hydrogen-bond donors (Lipinski definition) is 2. The molecule has 6 atom stereocenters. The first-order chi connectivity index (χ1) is 14.1. The molecule has 4 rings (SSSR count). The first kappa shape index (κ1) is 21.7. The molecular weight excluding hydrogens is 391 g/mol. The van der Waals surface area contributed by atoms with Gasteiger partial charge < -0.3 is 16.0 Å². The fourth-order valence-electron chi connectivity index (χ4n) is 5.94. The molecule has 0 aromatic carbocycles. The van der Waals surface area contributed by atoms with Crippen molar-refractivity contribution < 1.29 is 13.2 Å². The normalized spacial score (nSPS) is 35.0. The largest absolute Gasteiger partial charge is 0.401 e. The van der Waals surface area contributed by atoms with Crippen LogP contribution in [0.4, 0.5) is 24.7 Å². The number of anilines is 2. The molecule has 2 aliphatic carbocycles. The summed E-state index contributed by atoms with van der Waals surface area (Å²) in [6.45, 7) is 5.97. The van der Waals surface area contributed by atoms with E-state index in [1.807, 2.05) is 26.8 Å². The molecule has 3 aliphatic rings. The zero-order valence-electron chi connectivity index (χ0n) is 18.1. The fraction of sp³-hybridized carbons (Fsp3) is 0.773. The Bertz CT molecular complexity index is 729. The number of aryl methyl sites for hydroxylation is 1. The van der Waals surface area contributed by atoms with Crippen LogP contribution >= 0.6 is 0 Å². The molecule has 8 heteroatoms. The lowest BCUT2D eigenvalue weighted by atomic mass is 10.0. The Balaban J connectivity index is 1.38. The summed E-state index contributed by atoms with van der Waals surface area (Å²) >= 11 is 0. The summed E-state index contributed by atoms with van der Waals surface area (Å²) in [6.07, 6.45) is 0.480. The van der Waals surface area contributed by atoms with Crippen LogP contribution in [-0.2, 0) is 0 Å². The van der Waals surface area contributed by atoms with Crippen molar-refractivity contribution in [3.05, 3.63) is 17.8 Å². The van der Waals surface area contributed by atoms with E-state index in [9.17, 15) is 13.2 Å². The number of nitrogens with one attached hydrogen (secondary N) is 1. The van der Waals surface area contributed by atoms with Crippen LogP contribution in [0.5, 0.6) is 0 Å². The first-order valence-corrected chi connectivity index (χ1v) is 11.2. The number of alkyl halides is 3. The third-order valence-corrected chi connectivity index (χ3v) is 7.27. The molecule has 1 aromatic rings. The highest BCUT2D eigenvalue weighted by Crippen LogP contribution is 2.44. The van der Waals surface area contributed by atoms with E-state index in [-0.39, 0.29) is 12.1 Å². The van der Waals surface area contributed by atoms with Crippen molar-refractivity contribution in [1.29, 1.82) is 0 Å². The van der Waals surface area contributed by atoms with Crippen molar-refractivity contribution in [1.82, 2.24) is 9.88 Å². The van der Waals surface area contributed by atoms with Gasteiger partial charge in [-0.3, -0.25) is 4.90 Å². The van der Waals surface area contributed by atoms with Crippen LogP contribution in [0.2, 0.25) is 0 Å². The molecule has 4 unspecified atom stereocenters. The van der Waals surface area contributed by atoms with Crippen LogP contribution in [0, 0.1) is 18.8 Å². The van der Waals surface area contributed by atoms with Crippen molar-refractivity contribution in [2.24, 2.45) is 17.6 Å². The Hall–Kier alpha value is -1.54. The molecule has 3 fully saturated rings. The molecule has 2 saturated carbocycles. The first-order valence-electron chi connectivity index (χ1n) is 11.2. The number of hydrogen-bond acceptors (Lipinski definition) is 5. The Morgan fingerprint density at radius 2 is 1.67 bits per heavy atom. The lowest BCUT2D eigenvalue weighted by molar-refractivity contribution is -0.156. The average molecular weight is 426 g/mol. The molecule has 1 aromatic heterocycles. The molecule has 168 valence electrons. The van der Waals surface area contributed by atoms with E-state index in [0.29, 0.717) is 25.2 Å². The maximum Gasteiger partial charge on any atom is 0.401 e. The Kier molecular flexibility index (Phi) is 5.92. The molecule has 30 heavy (non-hydrogen) atoms. The van der Waals surface area contributed by atoms with Crippen LogP contribution in [0.15, 0.2) is 12.1 Å². The average Bonchev–Trinajstić information content (AvgIpc) is 3.15. The van der Waals surface area contributed by atoms with Gasteiger partial charge in [0.05, 0.1) is 17.9 Å². The van der Waals surface area contributed by atoms with Crippen LogP contribution < -0.4 is 16.0 Å². The number of aromatic nitrogens is 1. The van der Waals surface area contributed by atoms with E-state index < -0.39 is 12.7 Å². The molecular formula is C22H34F3N5. The van der Waals surface area contributed by atoms with E-state index in [1.165, 1.54) is 12.8 Å². The molecule has 0 radical (unpaired) electrons. The smallest absolute Gasteiger partial charge is 0.381 e. The predicted molar refractivity (Wildman–Crippen MR) is 114 cm³/mol. The van der Waals surface area contributed by atoms with Crippen molar-refractivity contribution in [2.75, 3.05) is 29.9 Å². The summed E-state index contributed by atoms with van der Waals surface area (Å²) in [6, 6.07) is 4.57. The van der Waals surface area contributed by atoms with E-state index in [4.69, 9.17) is 10.7 Å². The summed E-state index contributed by atoms with van der Waals surface area (Å²) in [5.74, 6) is 2.35. The van der Waals surface area contributed by atoms with Gasteiger partial charge in [-0.05, 0) is 70.4 Å². The van der Waals surface area contributed by atoms with Gasteiger partial charge in [0.2, 0.25) is 0 Å². The second-order valence-electron chi connectivity index (χ2n) is 9.76. The number of nitrogens with two attached hydrogens (primary N) is 1. The number of piperazine rings is 1. The van der Waals surface area contributed by atoms with E-state index >= 15 is 0 Å². The molecule has 0 spiro atoms. The van der Waals surface area contributed by atoms with Gasteiger partial charge in [0.1, 0.15) is 5.82 Å². The standard InChI is InChI=1S/C22H34F3N5/c1-13-10-29(11-14(2)30(13)12-22(23,24)25)21-5-4-20(15(3)27-21)28-19-8-16-6-18(26)7-17(16)9-19/h4-5,13-14,16-19,28H,6-12,26H2,1-3H3/t13?,14?,16-,17+,18?,19?. The van der Waals surface area contributed by atoms with Gasteiger partial charge in [-0.25, -0.2) is 4.98 Å². The van der Waals surface area contributed by atoms with Gasteiger partial charge in [-0.1, -0.05) is 0 Å². The van der Waals surface area contributed by atoms with Crippen molar-refractivity contribution in [3.8, 4) is 0 Å². The summed E-state index contributed by atoms with van der Waals surface area (Å²) < 4.78 is 38.7. The van der Waals surface area contributed by atoms with Crippen LogP contribution in [0.3, 0.4) is 0 Å². The van der Waals surface area contributed by atoms with E-state index in [0.717, 1.165) is 41.9 Å². The van der Waals surface area contributed by atoms with E-state index in [2.05, 4.69) is 16.3 Å². The topological polar surface area (TPSA) is 57.4 Å². The van der Waals surface area contributed by atoms with E-state index in [1.54, 1.807) is 4.90 Å². The lowest BCUT2D eigenvalue weighted by Gasteiger charge is -2.45. The summed E-state index contributed by atoms with van der Waals surface area (Å²) in [4.78, 5) is 8.45. The minimum Gasteiger partial charge on any atom is -0.381 e. The number of pyridine rings is 1. The minimum atomic E-state index is -4.17. The van der Waals surface area contributed by atoms with Crippen molar-refractivity contribution >= 4 is 11.5 Å². The quantitative estimate of drug-likeness (QED) is 0.769.